The molecule has 1 saturated heterocycles. The van der Waals surface area contributed by atoms with Crippen LogP contribution in [0.15, 0.2) is 24.3 Å². The molecule has 26 heavy (non-hydrogen) atoms. The summed E-state index contributed by atoms with van der Waals surface area (Å²) >= 11 is 7.68. The largest absolute Gasteiger partial charge is 0.467 e. The Labute approximate surface area is 160 Å². The summed E-state index contributed by atoms with van der Waals surface area (Å²) in [5.41, 5.74) is 2.26. The Bertz CT molecular complexity index is 940. The maximum Gasteiger partial charge on any atom is 0.274 e. The molecule has 0 spiro atoms. The van der Waals surface area contributed by atoms with Crippen molar-refractivity contribution in [2.75, 3.05) is 13.1 Å². The monoisotopic (exact) mass is 390 g/mol. The maximum atomic E-state index is 12.6. The van der Waals surface area contributed by atoms with Crippen LogP contribution in [0.2, 0.25) is 5.02 Å². The second-order valence-corrected chi connectivity index (χ2v) is 7.87. The lowest BCUT2D eigenvalue weighted by Gasteiger charge is -2.31. The van der Waals surface area contributed by atoms with Gasteiger partial charge in [-0.3, -0.25) is 9.48 Å². The molecule has 4 rings (SSSR count). The zero-order valence-electron chi connectivity index (χ0n) is 14.6. The predicted octanol–water partition coefficient (Wildman–Crippen LogP) is 3.68. The molecule has 0 unspecified atom stereocenters. The first kappa shape index (κ1) is 17.3. The molecule has 1 aliphatic heterocycles. The van der Waals surface area contributed by atoms with E-state index in [0.29, 0.717) is 29.0 Å². The van der Waals surface area contributed by atoms with Crippen LogP contribution in [-0.2, 0) is 7.05 Å². The van der Waals surface area contributed by atoms with Crippen LogP contribution in [0.25, 0.3) is 10.2 Å². The third-order valence-corrected chi connectivity index (χ3v) is 5.90. The molecule has 0 saturated carbocycles. The van der Waals surface area contributed by atoms with Gasteiger partial charge in [0.1, 0.15) is 11.6 Å². The standard InChI is InChI=1S/C18H19ClN4O2S/c1-11-10-14(21-22(11)2)17(24)23-8-6-12(7-9-23)25-18-20-16-13(19)4-3-5-15(16)26-18/h3-5,10,12H,6-9H2,1-2H3. The minimum absolute atomic E-state index is 0.0149. The smallest absolute Gasteiger partial charge is 0.274 e. The second kappa shape index (κ2) is 6.89. The van der Waals surface area contributed by atoms with E-state index in [1.165, 1.54) is 11.3 Å². The van der Waals surface area contributed by atoms with Crippen molar-refractivity contribution in [2.24, 2.45) is 7.05 Å². The molecule has 0 bridgehead atoms. The Morgan fingerprint density at radius 1 is 1.35 bits per heavy atom. The summed E-state index contributed by atoms with van der Waals surface area (Å²) in [5, 5.41) is 5.55. The van der Waals surface area contributed by atoms with E-state index in [1.807, 2.05) is 43.1 Å². The highest BCUT2D eigenvalue weighted by molar-refractivity contribution is 7.20. The van der Waals surface area contributed by atoms with Gasteiger partial charge in [0.2, 0.25) is 0 Å². The van der Waals surface area contributed by atoms with E-state index in [9.17, 15) is 4.79 Å². The Morgan fingerprint density at radius 2 is 2.12 bits per heavy atom. The molecule has 6 nitrogen and oxygen atoms in total. The maximum absolute atomic E-state index is 12.6. The number of amides is 1. The van der Waals surface area contributed by atoms with Crippen LogP contribution in [0.4, 0.5) is 0 Å². The fourth-order valence-electron chi connectivity index (χ4n) is 3.09. The van der Waals surface area contributed by atoms with Crippen LogP contribution in [-0.4, -0.2) is 44.8 Å². The lowest BCUT2D eigenvalue weighted by Crippen LogP contribution is -2.42. The first-order valence-corrected chi connectivity index (χ1v) is 9.72. The van der Waals surface area contributed by atoms with Gasteiger partial charge in [-0.05, 0) is 25.1 Å². The Hall–Kier alpha value is -2.12. The quantitative estimate of drug-likeness (QED) is 0.684. The molecule has 2 aromatic heterocycles. The molecule has 1 aliphatic rings. The van der Waals surface area contributed by atoms with Crippen molar-refractivity contribution in [3.05, 3.63) is 40.7 Å². The number of fused-ring (bicyclic) bond motifs is 1. The van der Waals surface area contributed by atoms with Crippen molar-refractivity contribution >= 4 is 39.1 Å². The van der Waals surface area contributed by atoms with Crippen molar-refractivity contribution in [2.45, 2.75) is 25.9 Å². The van der Waals surface area contributed by atoms with Crippen LogP contribution in [0.5, 0.6) is 5.19 Å². The number of carbonyl (C=O) groups excluding carboxylic acids is 1. The number of ether oxygens (including phenoxy) is 1. The average Bonchev–Trinajstić information content (AvgIpc) is 3.19. The number of hydrogen-bond acceptors (Lipinski definition) is 5. The number of piperidine rings is 1. The summed E-state index contributed by atoms with van der Waals surface area (Å²) in [6.07, 6.45) is 1.62. The van der Waals surface area contributed by atoms with E-state index in [4.69, 9.17) is 16.3 Å². The summed E-state index contributed by atoms with van der Waals surface area (Å²) in [4.78, 5) is 18.9. The molecule has 0 N–H and O–H groups in total. The molecule has 1 amide bonds. The number of halogens is 1. The summed E-state index contributed by atoms with van der Waals surface area (Å²) in [6, 6.07) is 7.56. The molecule has 3 heterocycles. The van der Waals surface area contributed by atoms with Gasteiger partial charge in [-0.15, -0.1) is 0 Å². The zero-order chi connectivity index (χ0) is 18.3. The topological polar surface area (TPSA) is 60.3 Å². The van der Waals surface area contributed by atoms with Gasteiger partial charge in [0.05, 0.1) is 9.72 Å². The summed E-state index contributed by atoms with van der Waals surface area (Å²) in [5.74, 6) is -0.0149. The van der Waals surface area contributed by atoms with E-state index in [-0.39, 0.29) is 12.0 Å². The van der Waals surface area contributed by atoms with Crippen LogP contribution < -0.4 is 4.74 Å². The van der Waals surface area contributed by atoms with Gasteiger partial charge in [0, 0.05) is 38.7 Å². The highest BCUT2D eigenvalue weighted by atomic mass is 35.5. The number of nitrogens with zero attached hydrogens (tertiary/aromatic N) is 4. The van der Waals surface area contributed by atoms with E-state index >= 15 is 0 Å². The van der Waals surface area contributed by atoms with Gasteiger partial charge in [-0.1, -0.05) is 29.0 Å². The molecule has 8 heteroatoms. The Morgan fingerprint density at radius 3 is 2.77 bits per heavy atom. The fourth-order valence-corrected chi connectivity index (χ4v) is 4.27. The number of benzene rings is 1. The molecule has 0 atom stereocenters. The van der Waals surface area contributed by atoms with Gasteiger partial charge in [0.25, 0.3) is 11.1 Å². The molecule has 1 aromatic carbocycles. The van der Waals surface area contributed by atoms with Crippen molar-refractivity contribution < 1.29 is 9.53 Å². The number of likely N-dealkylation sites (tertiary alicyclic amines) is 1. The predicted molar refractivity (Wildman–Crippen MR) is 102 cm³/mol. The third-order valence-electron chi connectivity index (χ3n) is 4.68. The molecule has 0 radical (unpaired) electrons. The number of para-hydroxylation sites is 1. The highest BCUT2D eigenvalue weighted by Crippen LogP contribution is 2.33. The van der Waals surface area contributed by atoms with Gasteiger partial charge in [-0.2, -0.15) is 5.10 Å². The first-order valence-electron chi connectivity index (χ1n) is 8.53. The number of aryl methyl sites for hydroxylation is 2. The molecular weight excluding hydrogens is 372 g/mol. The van der Waals surface area contributed by atoms with Crippen molar-refractivity contribution in [3.8, 4) is 5.19 Å². The van der Waals surface area contributed by atoms with Crippen LogP contribution >= 0.6 is 22.9 Å². The minimum atomic E-state index is -0.0149. The van der Waals surface area contributed by atoms with Gasteiger partial charge in [-0.25, -0.2) is 4.98 Å². The van der Waals surface area contributed by atoms with Gasteiger partial charge < -0.3 is 9.64 Å². The van der Waals surface area contributed by atoms with Crippen molar-refractivity contribution in [1.82, 2.24) is 19.7 Å². The number of carbonyl (C=O) groups is 1. The number of thiazole rings is 1. The van der Waals surface area contributed by atoms with Crippen LogP contribution in [0, 0.1) is 6.92 Å². The molecular formula is C18H19ClN4O2S. The first-order chi connectivity index (χ1) is 12.5. The van der Waals surface area contributed by atoms with Crippen LogP contribution in [0.1, 0.15) is 29.0 Å². The normalized spacial score (nSPS) is 15.6. The van der Waals surface area contributed by atoms with Crippen molar-refractivity contribution in [3.63, 3.8) is 0 Å². The number of rotatable bonds is 3. The number of aromatic nitrogens is 3. The molecule has 3 aromatic rings. The summed E-state index contributed by atoms with van der Waals surface area (Å²) in [7, 11) is 1.84. The SMILES string of the molecule is Cc1cc(C(=O)N2CCC(Oc3nc4c(Cl)cccc4s3)CC2)nn1C. The third kappa shape index (κ3) is 3.29. The minimum Gasteiger partial charge on any atom is -0.467 e. The van der Waals surface area contributed by atoms with Gasteiger partial charge in [0.15, 0.2) is 5.69 Å². The summed E-state index contributed by atoms with van der Waals surface area (Å²) in [6.45, 7) is 3.25. The van der Waals surface area contributed by atoms with E-state index < -0.39 is 0 Å². The van der Waals surface area contributed by atoms with Crippen LogP contribution in [0.3, 0.4) is 0 Å². The van der Waals surface area contributed by atoms with Gasteiger partial charge >= 0.3 is 0 Å². The average molecular weight is 391 g/mol. The zero-order valence-corrected chi connectivity index (χ0v) is 16.2. The second-order valence-electron chi connectivity index (χ2n) is 6.47. The fraction of sp³-hybridized carbons (Fsp3) is 0.389. The summed E-state index contributed by atoms with van der Waals surface area (Å²) < 4.78 is 8.79. The lowest BCUT2D eigenvalue weighted by molar-refractivity contribution is 0.0589. The molecule has 136 valence electrons. The van der Waals surface area contributed by atoms with E-state index in [0.717, 1.165) is 28.8 Å². The molecule has 0 aliphatic carbocycles. The van der Waals surface area contributed by atoms with E-state index in [2.05, 4.69) is 10.1 Å². The molecule has 1 fully saturated rings. The Balaban J connectivity index is 1.38. The Kier molecular flexibility index (Phi) is 4.58. The van der Waals surface area contributed by atoms with E-state index in [1.54, 1.807) is 4.68 Å². The lowest BCUT2D eigenvalue weighted by atomic mass is 10.1. The van der Waals surface area contributed by atoms with Crippen molar-refractivity contribution in [1.29, 1.82) is 0 Å². The highest BCUT2D eigenvalue weighted by Gasteiger charge is 2.27. The number of hydrogen-bond donors (Lipinski definition) is 0.